The number of nitrogens with one attached hydrogen (secondary N) is 4. The number of carboxylic acid groups (broad SMARTS) is 1. The van der Waals surface area contributed by atoms with Crippen molar-refractivity contribution >= 4 is 35.9 Å². The average molecular weight is 783 g/mol. The number of carbonyl (C=O) groups excluding carboxylic acids is 5. The summed E-state index contributed by atoms with van der Waals surface area (Å²) in [5.41, 5.74) is 1.71. The highest BCUT2D eigenvalue weighted by Crippen LogP contribution is 2.44. The maximum Gasteiger partial charge on any atom is 0.407 e. The van der Waals surface area contributed by atoms with E-state index in [-0.39, 0.29) is 32.1 Å². The number of amides is 4. The van der Waals surface area contributed by atoms with Crippen molar-refractivity contribution in [3.05, 3.63) is 59.7 Å². The summed E-state index contributed by atoms with van der Waals surface area (Å²) >= 11 is 0. The number of esters is 1. The maximum atomic E-state index is 13.9. The first-order valence-electron chi connectivity index (χ1n) is 18.8. The third-order valence-corrected chi connectivity index (χ3v) is 8.26. The molecule has 0 fully saturated rings. The van der Waals surface area contributed by atoms with Crippen molar-refractivity contribution in [1.82, 2.24) is 21.3 Å². The molecule has 15 nitrogen and oxygen atoms in total. The Kier molecular flexibility index (Phi) is 15.8. The molecular weight excluding hydrogens is 724 g/mol. The number of unbranched alkanes of at least 4 members (excludes halogenated alkanes) is 1. The molecule has 56 heavy (non-hydrogen) atoms. The number of benzene rings is 2. The lowest BCUT2D eigenvalue weighted by atomic mass is 9.98. The molecule has 5 N–H and O–H groups in total. The minimum absolute atomic E-state index is 0.00411. The molecule has 3 rings (SSSR count). The predicted octanol–water partition coefficient (Wildman–Crippen LogP) is 5.19. The molecule has 2 aromatic carbocycles. The molecule has 0 bridgehead atoms. The maximum absolute atomic E-state index is 13.9. The average Bonchev–Trinajstić information content (AvgIpc) is 3.39. The lowest BCUT2D eigenvalue weighted by Gasteiger charge is -2.27. The van der Waals surface area contributed by atoms with E-state index in [4.69, 9.17) is 18.9 Å². The van der Waals surface area contributed by atoms with E-state index in [0.29, 0.717) is 12.8 Å². The Bertz CT molecular complexity index is 1660. The largest absolute Gasteiger partial charge is 0.480 e. The van der Waals surface area contributed by atoms with E-state index in [0.717, 1.165) is 22.3 Å². The van der Waals surface area contributed by atoms with Crippen LogP contribution in [0, 0.1) is 0 Å². The SMILES string of the molecule is CC(C)(C)OC[C@H](NC(=O)[C@H](CCCCNC(=O)OC(C)(C)C)NC(=O)[C@H](CC(=O)OC(C)(C)C)NC(=O)OCC1c2ccccc2-c2ccccc21)C(=O)O. The Morgan fingerprint density at radius 3 is 1.73 bits per heavy atom. The van der Waals surface area contributed by atoms with Crippen LogP contribution < -0.4 is 21.3 Å². The molecule has 1 aliphatic rings. The lowest BCUT2D eigenvalue weighted by molar-refractivity contribution is -0.156. The summed E-state index contributed by atoms with van der Waals surface area (Å²) in [7, 11) is 0. The Hall–Kier alpha value is -5.18. The zero-order chi connectivity index (χ0) is 41.8. The van der Waals surface area contributed by atoms with Crippen molar-refractivity contribution in [3.8, 4) is 11.1 Å². The first-order chi connectivity index (χ1) is 26.0. The van der Waals surface area contributed by atoms with Gasteiger partial charge in [0.05, 0.1) is 18.6 Å². The van der Waals surface area contributed by atoms with Gasteiger partial charge < -0.3 is 45.3 Å². The van der Waals surface area contributed by atoms with Gasteiger partial charge in [0, 0.05) is 12.5 Å². The zero-order valence-electron chi connectivity index (χ0n) is 33.9. The van der Waals surface area contributed by atoms with Crippen LogP contribution >= 0.6 is 0 Å². The van der Waals surface area contributed by atoms with Gasteiger partial charge >= 0.3 is 24.1 Å². The summed E-state index contributed by atoms with van der Waals surface area (Å²) in [5, 5.41) is 19.9. The highest BCUT2D eigenvalue weighted by Gasteiger charge is 2.34. The van der Waals surface area contributed by atoms with Crippen LogP contribution in [0.3, 0.4) is 0 Å². The lowest BCUT2D eigenvalue weighted by Crippen LogP contribution is -2.57. The number of alkyl carbamates (subject to hydrolysis) is 2. The van der Waals surface area contributed by atoms with Crippen LogP contribution in [0.4, 0.5) is 9.59 Å². The van der Waals surface area contributed by atoms with Gasteiger partial charge in [0.25, 0.3) is 0 Å². The fourth-order valence-electron chi connectivity index (χ4n) is 5.84. The molecular formula is C41H58N4O11. The van der Waals surface area contributed by atoms with Gasteiger partial charge in [-0.15, -0.1) is 0 Å². The molecule has 4 amide bonds. The van der Waals surface area contributed by atoms with Crippen LogP contribution in [0.2, 0.25) is 0 Å². The number of hydrogen-bond donors (Lipinski definition) is 5. The summed E-state index contributed by atoms with van der Waals surface area (Å²) in [5.74, 6) is -4.16. The van der Waals surface area contributed by atoms with Gasteiger partial charge in [0.1, 0.15) is 29.9 Å². The second-order valence-corrected chi connectivity index (χ2v) is 16.6. The summed E-state index contributed by atoms with van der Waals surface area (Å²) < 4.78 is 21.9. The van der Waals surface area contributed by atoms with Gasteiger partial charge in [-0.3, -0.25) is 14.4 Å². The fourth-order valence-corrected chi connectivity index (χ4v) is 5.84. The summed E-state index contributed by atoms with van der Waals surface area (Å²) in [6.07, 6.45) is -1.53. The van der Waals surface area contributed by atoms with Crippen LogP contribution in [-0.2, 0) is 38.1 Å². The van der Waals surface area contributed by atoms with Gasteiger partial charge in [0.15, 0.2) is 6.04 Å². The second kappa shape index (κ2) is 19.6. The monoisotopic (exact) mass is 782 g/mol. The standard InChI is InChI=1S/C41H58N4O11/c1-39(2,3)54-24-32(36(49)50)44-34(47)30(20-14-15-21-42-37(51)56-41(7,8)9)43-35(48)31(22-33(46)55-40(4,5)6)45-38(52)53-23-29-27-18-12-10-16-25(27)26-17-11-13-19-28(26)29/h10-13,16-19,29-32H,14-15,20-24H2,1-9H3,(H,42,51)(H,43,48)(H,44,47)(H,45,52)(H,49,50)/t30-,31-,32-/m0/s1. The normalized spacial score (nSPS) is 14.2. The number of carbonyl (C=O) groups is 6. The van der Waals surface area contributed by atoms with E-state index in [1.165, 1.54) is 0 Å². The van der Waals surface area contributed by atoms with E-state index in [2.05, 4.69) is 21.3 Å². The van der Waals surface area contributed by atoms with Crippen molar-refractivity contribution in [2.75, 3.05) is 19.8 Å². The number of fused-ring (bicyclic) bond motifs is 3. The molecule has 1 aliphatic carbocycles. The van der Waals surface area contributed by atoms with Crippen LogP contribution in [0.25, 0.3) is 11.1 Å². The Morgan fingerprint density at radius 2 is 1.20 bits per heavy atom. The van der Waals surface area contributed by atoms with E-state index >= 15 is 0 Å². The highest BCUT2D eigenvalue weighted by atomic mass is 16.6. The van der Waals surface area contributed by atoms with Crippen molar-refractivity contribution in [2.24, 2.45) is 0 Å². The van der Waals surface area contributed by atoms with Crippen LogP contribution in [0.1, 0.15) is 105 Å². The van der Waals surface area contributed by atoms with Crippen molar-refractivity contribution in [1.29, 1.82) is 0 Å². The summed E-state index contributed by atoms with van der Waals surface area (Å²) in [6, 6.07) is 11.3. The Morgan fingerprint density at radius 1 is 0.661 bits per heavy atom. The van der Waals surface area contributed by atoms with E-state index < -0.39 is 77.3 Å². The van der Waals surface area contributed by atoms with E-state index in [9.17, 15) is 33.9 Å². The number of rotatable bonds is 17. The molecule has 15 heteroatoms. The van der Waals surface area contributed by atoms with Crippen molar-refractivity contribution in [3.63, 3.8) is 0 Å². The quantitative estimate of drug-likeness (QED) is 0.0802. The predicted molar refractivity (Wildman–Crippen MR) is 208 cm³/mol. The fraction of sp³-hybridized carbons (Fsp3) is 0.561. The third kappa shape index (κ3) is 15.2. The van der Waals surface area contributed by atoms with Crippen molar-refractivity contribution < 1.29 is 52.8 Å². The summed E-state index contributed by atoms with van der Waals surface area (Å²) in [6.45, 7) is 15.1. The number of ether oxygens (including phenoxy) is 4. The molecule has 0 radical (unpaired) electrons. The van der Waals surface area contributed by atoms with Gasteiger partial charge in [-0.25, -0.2) is 14.4 Å². The highest BCUT2D eigenvalue weighted by molar-refractivity contribution is 5.94. The van der Waals surface area contributed by atoms with Gasteiger partial charge in [-0.2, -0.15) is 0 Å². The van der Waals surface area contributed by atoms with E-state index in [1.54, 1.807) is 62.3 Å². The minimum Gasteiger partial charge on any atom is -0.480 e. The molecule has 0 heterocycles. The smallest absolute Gasteiger partial charge is 0.407 e. The van der Waals surface area contributed by atoms with Crippen LogP contribution in [-0.4, -0.2) is 95.7 Å². The molecule has 0 saturated carbocycles. The summed E-state index contributed by atoms with van der Waals surface area (Å²) in [4.78, 5) is 78.0. The Balaban J connectivity index is 1.78. The molecule has 0 aromatic heterocycles. The van der Waals surface area contributed by atoms with Gasteiger partial charge in [0.2, 0.25) is 11.8 Å². The van der Waals surface area contributed by atoms with Crippen LogP contribution in [0.5, 0.6) is 0 Å². The first kappa shape index (κ1) is 45.2. The number of aliphatic carboxylic acids is 1. The molecule has 0 saturated heterocycles. The van der Waals surface area contributed by atoms with E-state index in [1.807, 2.05) is 48.5 Å². The second-order valence-electron chi connectivity index (χ2n) is 16.6. The number of carboxylic acids is 1. The molecule has 308 valence electrons. The molecule has 0 spiro atoms. The third-order valence-electron chi connectivity index (χ3n) is 8.26. The molecule has 0 aliphatic heterocycles. The molecule has 3 atom stereocenters. The topological polar surface area (TPSA) is 208 Å². The minimum atomic E-state index is -1.54. The van der Waals surface area contributed by atoms with Crippen LogP contribution in [0.15, 0.2) is 48.5 Å². The number of hydrogen-bond acceptors (Lipinski definition) is 10. The zero-order valence-corrected chi connectivity index (χ0v) is 33.9. The molecule has 2 aromatic rings. The van der Waals surface area contributed by atoms with Crippen molar-refractivity contribution in [2.45, 2.75) is 129 Å². The Labute approximate surface area is 328 Å². The first-order valence-corrected chi connectivity index (χ1v) is 18.8. The van der Waals surface area contributed by atoms with Gasteiger partial charge in [-0.05, 0) is 104 Å². The van der Waals surface area contributed by atoms with Gasteiger partial charge in [-0.1, -0.05) is 48.5 Å². The molecule has 0 unspecified atom stereocenters.